The molecule has 0 radical (unpaired) electrons. The number of piperazine rings is 1. The highest BCUT2D eigenvalue weighted by atomic mass is 16.4. The van der Waals surface area contributed by atoms with Gasteiger partial charge in [0.05, 0.1) is 6.54 Å². The van der Waals surface area contributed by atoms with E-state index in [1.54, 1.807) is 12.2 Å². The van der Waals surface area contributed by atoms with Gasteiger partial charge in [-0.05, 0) is 24.6 Å². The van der Waals surface area contributed by atoms with Crippen LogP contribution in [0.2, 0.25) is 0 Å². The van der Waals surface area contributed by atoms with Gasteiger partial charge in [0.1, 0.15) is 6.04 Å². The van der Waals surface area contributed by atoms with Gasteiger partial charge in [-0.2, -0.15) is 0 Å². The molecule has 0 bridgehead atoms. The summed E-state index contributed by atoms with van der Waals surface area (Å²) >= 11 is 0. The summed E-state index contributed by atoms with van der Waals surface area (Å²) in [5.74, 6) is -1.09. The van der Waals surface area contributed by atoms with Crippen LogP contribution in [0.25, 0.3) is 0 Å². The Hall–Kier alpha value is -2.34. The van der Waals surface area contributed by atoms with Gasteiger partial charge in [-0.3, -0.25) is 9.69 Å². The SMILES string of the molecule is Cc1cccc(N2CCN(CC(=O)N3CC=CC3C(=O)O)CC2)c1. The maximum atomic E-state index is 12.4. The predicted molar refractivity (Wildman–Crippen MR) is 92.1 cm³/mol. The van der Waals surface area contributed by atoms with Crippen molar-refractivity contribution in [3.05, 3.63) is 42.0 Å². The van der Waals surface area contributed by atoms with Crippen molar-refractivity contribution in [2.24, 2.45) is 0 Å². The summed E-state index contributed by atoms with van der Waals surface area (Å²) in [6.07, 6.45) is 3.32. The molecule has 1 fully saturated rings. The molecule has 3 rings (SSSR count). The average Bonchev–Trinajstić information content (AvgIpc) is 3.05. The maximum Gasteiger partial charge on any atom is 0.330 e. The van der Waals surface area contributed by atoms with Crippen molar-refractivity contribution >= 4 is 17.6 Å². The van der Waals surface area contributed by atoms with Gasteiger partial charge >= 0.3 is 5.97 Å². The smallest absolute Gasteiger partial charge is 0.330 e. The van der Waals surface area contributed by atoms with E-state index >= 15 is 0 Å². The summed E-state index contributed by atoms with van der Waals surface area (Å²) < 4.78 is 0. The lowest BCUT2D eigenvalue weighted by atomic mass is 10.2. The molecule has 1 unspecified atom stereocenters. The first-order chi connectivity index (χ1) is 11.5. The van der Waals surface area contributed by atoms with E-state index in [4.69, 9.17) is 5.11 Å². The first-order valence-corrected chi connectivity index (χ1v) is 8.27. The van der Waals surface area contributed by atoms with Crippen molar-refractivity contribution < 1.29 is 14.7 Å². The number of amides is 1. The monoisotopic (exact) mass is 329 g/mol. The molecule has 2 heterocycles. The molecular weight excluding hydrogens is 306 g/mol. The molecule has 1 aromatic carbocycles. The average molecular weight is 329 g/mol. The summed E-state index contributed by atoms with van der Waals surface area (Å²) in [4.78, 5) is 29.4. The van der Waals surface area contributed by atoms with Crippen LogP contribution in [-0.4, -0.2) is 72.1 Å². The number of aryl methyl sites for hydroxylation is 1. The standard InChI is InChI=1S/C18H23N3O3/c1-14-4-2-5-15(12-14)20-10-8-19(9-11-20)13-17(22)21-7-3-6-16(21)18(23)24/h2-6,12,16H,7-11,13H2,1H3,(H,23,24). The Morgan fingerprint density at radius 2 is 1.96 bits per heavy atom. The number of anilines is 1. The van der Waals surface area contributed by atoms with Gasteiger partial charge in [-0.1, -0.05) is 24.3 Å². The third-order valence-corrected chi connectivity index (χ3v) is 4.63. The summed E-state index contributed by atoms with van der Waals surface area (Å²) in [6.45, 7) is 6.11. The fourth-order valence-corrected chi connectivity index (χ4v) is 3.26. The van der Waals surface area contributed by atoms with E-state index in [-0.39, 0.29) is 12.5 Å². The minimum Gasteiger partial charge on any atom is -0.479 e. The lowest BCUT2D eigenvalue weighted by molar-refractivity contribution is -0.147. The number of rotatable bonds is 4. The third kappa shape index (κ3) is 3.59. The fourth-order valence-electron chi connectivity index (χ4n) is 3.26. The van der Waals surface area contributed by atoms with E-state index in [9.17, 15) is 9.59 Å². The molecule has 6 nitrogen and oxygen atoms in total. The zero-order valence-electron chi connectivity index (χ0n) is 13.9. The van der Waals surface area contributed by atoms with Gasteiger partial charge in [-0.25, -0.2) is 4.79 Å². The van der Waals surface area contributed by atoms with Crippen molar-refractivity contribution in [3.8, 4) is 0 Å². The summed E-state index contributed by atoms with van der Waals surface area (Å²) in [5, 5.41) is 9.16. The number of carboxylic acid groups (broad SMARTS) is 1. The lowest BCUT2D eigenvalue weighted by Gasteiger charge is -2.36. The predicted octanol–water partition coefficient (Wildman–Crippen LogP) is 0.969. The van der Waals surface area contributed by atoms with Crippen molar-refractivity contribution in [3.63, 3.8) is 0 Å². The van der Waals surface area contributed by atoms with Crippen LogP contribution in [0.3, 0.4) is 0 Å². The first kappa shape index (κ1) is 16.5. The van der Waals surface area contributed by atoms with Crippen molar-refractivity contribution in [2.45, 2.75) is 13.0 Å². The Morgan fingerprint density at radius 3 is 2.62 bits per heavy atom. The van der Waals surface area contributed by atoms with Gasteiger partial charge in [0.15, 0.2) is 0 Å². The molecule has 0 spiro atoms. The van der Waals surface area contributed by atoms with Crippen LogP contribution in [0.5, 0.6) is 0 Å². The molecule has 1 N–H and O–H groups in total. The van der Waals surface area contributed by atoms with Crippen molar-refractivity contribution in [1.82, 2.24) is 9.80 Å². The Morgan fingerprint density at radius 1 is 1.21 bits per heavy atom. The quantitative estimate of drug-likeness (QED) is 0.834. The third-order valence-electron chi connectivity index (χ3n) is 4.63. The van der Waals surface area contributed by atoms with E-state index in [2.05, 4.69) is 41.0 Å². The molecule has 0 aromatic heterocycles. The van der Waals surface area contributed by atoms with Gasteiger partial charge in [0, 0.05) is 38.4 Å². The fraction of sp³-hybridized carbons (Fsp3) is 0.444. The number of benzene rings is 1. The number of nitrogens with zero attached hydrogens (tertiary/aromatic N) is 3. The number of hydrogen-bond donors (Lipinski definition) is 1. The summed E-state index contributed by atoms with van der Waals surface area (Å²) in [6, 6.07) is 7.62. The number of carbonyl (C=O) groups is 2. The van der Waals surface area contributed by atoms with Crippen LogP contribution in [-0.2, 0) is 9.59 Å². The Balaban J connectivity index is 1.52. The van der Waals surface area contributed by atoms with Crippen LogP contribution in [0.1, 0.15) is 5.56 Å². The largest absolute Gasteiger partial charge is 0.479 e. The molecule has 1 atom stereocenters. The van der Waals surface area contributed by atoms with Crippen LogP contribution >= 0.6 is 0 Å². The van der Waals surface area contributed by atoms with Gasteiger partial charge in [0.2, 0.25) is 5.91 Å². The topological polar surface area (TPSA) is 64.1 Å². The summed E-state index contributed by atoms with van der Waals surface area (Å²) in [5.41, 5.74) is 2.46. The maximum absolute atomic E-state index is 12.4. The molecule has 6 heteroatoms. The minimum atomic E-state index is -0.971. The Bertz CT molecular complexity index is 651. The first-order valence-electron chi connectivity index (χ1n) is 8.27. The molecule has 2 aliphatic heterocycles. The van der Waals surface area contributed by atoms with Gasteiger partial charge in [-0.15, -0.1) is 0 Å². The molecule has 1 saturated heterocycles. The molecule has 24 heavy (non-hydrogen) atoms. The van der Waals surface area contributed by atoms with Crippen molar-refractivity contribution in [1.29, 1.82) is 0 Å². The Kier molecular flexibility index (Phi) is 4.85. The highest BCUT2D eigenvalue weighted by Crippen LogP contribution is 2.18. The molecule has 2 aliphatic rings. The van der Waals surface area contributed by atoms with Crippen LogP contribution < -0.4 is 4.90 Å². The van der Waals surface area contributed by atoms with E-state index in [1.165, 1.54) is 16.2 Å². The number of carbonyl (C=O) groups excluding carboxylic acids is 1. The highest BCUT2D eigenvalue weighted by Gasteiger charge is 2.31. The lowest BCUT2D eigenvalue weighted by Crippen LogP contribution is -2.51. The molecule has 1 aromatic rings. The molecule has 0 aliphatic carbocycles. The number of aliphatic carboxylic acids is 1. The summed E-state index contributed by atoms with van der Waals surface area (Å²) in [7, 11) is 0. The molecule has 1 amide bonds. The van der Waals surface area contributed by atoms with Crippen molar-refractivity contribution in [2.75, 3.05) is 44.2 Å². The number of carboxylic acids is 1. The highest BCUT2D eigenvalue weighted by molar-refractivity contribution is 5.87. The van der Waals surface area contributed by atoms with E-state index in [0.29, 0.717) is 6.54 Å². The zero-order chi connectivity index (χ0) is 17.1. The van der Waals surface area contributed by atoms with Crippen LogP contribution in [0.15, 0.2) is 36.4 Å². The second kappa shape index (κ2) is 7.05. The second-order valence-electron chi connectivity index (χ2n) is 6.36. The minimum absolute atomic E-state index is 0.114. The number of hydrogen-bond acceptors (Lipinski definition) is 4. The normalized spacial score (nSPS) is 21.3. The van der Waals surface area contributed by atoms with E-state index < -0.39 is 12.0 Å². The van der Waals surface area contributed by atoms with E-state index in [0.717, 1.165) is 26.2 Å². The van der Waals surface area contributed by atoms with Crippen LogP contribution in [0, 0.1) is 6.92 Å². The van der Waals surface area contributed by atoms with Crippen LogP contribution in [0.4, 0.5) is 5.69 Å². The molecule has 128 valence electrons. The van der Waals surface area contributed by atoms with Gasteiger partial charge in [0.25, 0.3) is 0 Å². The molecule has 0 saturated carbocycles. The Labute approximate surface area is 142 Å². The second-order valence-corrected chi connectivity index (χ2v) is 6.36. The molecular formula is C18H23N3O3. The van der Waals surface area contributed by atoms with Gasteiger partial charge < -0.3 is 14.9 Å². The van der Waals surface area contributed by atoms with E-state index in [1.807, 2.05) is 0 Å². The zero-order valence-corrected chi connectivity index (χ0v) is 13.9.